The van der Waals surface area contributed by atoms with Crippen molar-refractivity contribution in [3.8, 4) is 6.07 Å². The molecule has 120 valence electrons. The van der Waals surface area contributed by atoms with E-state index in [0.717, 1.165) is 6.26 Å². The molecule has 1 aromatic carbocycles. The van der Waals surface area contributed by atoms with Crippen LogP contribution in [0.1, 0.15) is 5.56 Å². The van der Waals surface area contributed by atoms with Gasteiger partial charge in [-0.15, -0.1) is 0 Å². The minimum atomic E-state index is -3.25. The zero-order valence-corrected chi connectivity index (χ0v) is 13.1. The molecule has 0 spiro atoms. The van der Waals surface area contributed by atoms with Gasteiger partial charge in [0, 0.05) is 18.5 Å². The molecular weight excluding hydrogens is 318 g/mol. The third kappa shape index (κ3) is 4.38. The van der Waals surface area contributed by atoms with Gasteiger partial charge in [0.05, 0.1) is 17.7 Å². The summed E-state index contributed by atoms with van der Waals surface area (Å²) in [6.07, 6.45) is 2.50. The second kappa shape index (κ2) is 7.04. The van der Waals surface area contributed by atoms with E-state index in [4.69, 9.17) is 10.4 Å². The van der Waals surface area contributed by atoms with Crippen LogP contribution in [-0.2, 0) is 9.84 Å². The molecule has 2 rings (SSSR count). The lowest BCUT2D eigenvalue weighted by atomic mass is 10.3. The summed E-state index contributed by atoms with van der Waals surface area (Å²) in [6.45, 7) is 0.165. The number of sulfone groups is 1. The largest absolute Gasteiger partial charge is 0.395 e. The van der Waals surface area contributed by atoms with Crippen LogP contribution in [0.2, 0.25) is 0 Å². The van der Waals surface area contributed by atoms with Gasteiger partial charge in [0.15, 0.2) is 9.84 Å². The van der Waals surface area contributed by atoms with Crippen molar-refractivity contribution in [2.75, 3.05) is 30.0 Å². The second-order valence-electron chi connectivity index (χ2n) is 4.64. The number of hydrogen-bond acceptors (Lipinski definition) is 8. The lowest BCUT2D eigenvalue weighted by molar-refractivity contribution is 0.311. The number of nitrogens with zero attached hydrogens (tertiary/aromatic N) is 3. The second-order valence-corrected chi connectivity index (χ2v) is 6.66. The molecule has 0 aliphatic carbocycles. The van der Waals surface area contributed by atoms with Gasteiger partial charge in [0.25, 0.3) is 0 Å². The van der Waals surface area contributed by atoms with Crippen molar-refractivity contribution < 1.29 is 13.5 Å². The summed E-state index contributed by atoms with van der Waals surface area (Å²) in [5, 5.41) is 23.6. The predicted octanol–water partition coefficient (Wildman–Crippen LogP) is 0.900. The van der Waals surface area contributed by atoms with E-state index in [1.54, 1.807) is 12.1 Å². The van der Waals surface area contributed by atoms with Crippen LogP contribution in [0.4, 0.5) is 17.5 Å². The zero-order valence-electron chi connectivity index (χ0n) is 12.3. The number of anilines is 3. The van der Waals surface area contributed by atoms with E-state index in [-0.39, 0.29) is 29.6 Å². The maximum absolute atomic E-state index is 11.4. The van der Waals surface area contributed by atoms with Gasteiger partial charge < -0.3 is 15.7 Å². The SMILES string of the molecule is CS(=O)(=O)c1ccc(Nc2ncc(C#N)c(NCCO)n2)cc1. The van der Waals surface area contributed by atoms with Crippen LogP contribution in [0, 0.1) is 11.3 Å². The number of nitriles is 1. The van der Waals surface area contributed by atoms with E-state index in [1.165, 1.54) is 18.3 Å². The Labute approximate surface area is 133 Å². The Hall–Kier alpha value is -2.70. The van der Waals surface area contributed by atoms with Gasteiger partial charge in [-0.2, -0.15) is 10.2 Å². The van der Waals surface area contributed by atoms with Gasteiger partial charge >= 0.3 is 0 Å². The summed E-state index contributed by atoms with van der Waals surface area (Å²) < 4.78 is 22.8. The predicted molar refractivity (Wildman–Crippen MR) is 85.2 cm³/mol. The first-order valence-corrected chi connectivity index (χ1v) is 8.52. The summed E-state index contributed by atoms with van der Waals surface area (Å²) in [5.74, 6) is 0.559. The van der Waals surface area contributed by atoms with Gasteiger partial charge in [-0.3, -0.25) is 0 Å². The highest BCUT2D eigenvalue weighted by molar-refractivity contribution is 7.90. The van der Waals surface area contributed by atoms with Crippen molar-refractivity contribution >= 4 is 27.3 Å². The Morgan fingerprint density at radius 1 is 1.30 bits per heavy atom. The lowest BCUT2D eigenvalue weighted by Gasteiger charge is -2.09. The molecule has 0 unspecified atom stereocenters. The van der Waals surface area contributed by atoms with E-state index in [9.17, 15) is 8.42 Å². The average Bonchev–Trinajstić information content (AvgIpc) is 2.53. The van der Waals surface area contributed by atoms with Crippen molar-refractivity contribution in [3.63, 3.8) is 0 Å². The number of rotatable bonds is 6. The van der Waals surface area contributed by atoms with Gasteiger partial charge in [-0.05, 0) is 24.3 Å². The number of aliphatic hydroxyl groups excluding tert-OH is 1. The average molecular weight is 333 g/mol. The molecule has 0 amide bonds. The molecule has 0 radical (unpaired) electrons. The van der Waals surface area contributed by atoms with Gasteiger partial charge in [0.2, 0.25) is 5.95 Å². The summed E-state index contributed by atoms with van der Waals surface area (Å²) in [6, 6.07) is 8.10. The molecule has 3 N–H and O–H groups in total. The molecule has 0 bridgehead atoms. The third-order valence-corrected chi connectivity index (χ3v) is 3.98. The Morgan fingerprint density at radius 2 is 2.00 bits per heavy atom. The summed E-state index contributed by atoms with van der Waals surface area (Å²) in [5.41, 5.74) is 0.867. The van der Waals surface area contributed by atoms with Crippen molar-refractivity contribution in [1.29, 1.82) is 5.26 Å². The highest BCUT2D eigenvalue weighted by Gasteiger charge is 2.09. The first-order valence-electron chi connectivity index (χ1n) is 6.63. The molecular formula is C14H15N5O3S. The normalized spacial score (nSPS) is 10.8. The van der Waals surface area contributed by atoms with E-state index < -0.39 is 9.84 Å². The Balaban J connectivity index is 2.21. The zero-order chi connectivity index (χ0) is 16.9. The molecule has 2 aromatic rings. The van der Waals surface area contributed by atoms with Crippen LogP contribution in [0.25, 0.3) is 0 Å². The number of aromatic nitrogens is 2. The molecule has 8 nitrogen and oxygen atoms in total. The first kappa shape index (κ1) is 16.7. The fourth-order valence-electron chi connectivity index (χ4n) is 1.75. The van der Waals surface area contributed by atoms with E-state index >= 15 is 0 Å². The van der Waals surface area contributed by atoms with Crippen LogP contribution < -0.4 is 10.6 Å². The topological polar surface area (TPSA) is 128 Å². The first-order chi connectivity index (χ1) is 10.9. The highest BCUT2D eigenvalue weighted by Crippen LogP contribution is 2.19. The maximum Gasteiger partial charge on any atom is 0.229 e. The molecule has 0 atom stereocenters. The van der Waals surface area contributed by atoms with Crippen LogP contribution in [0.3, 0.4) is 0 Å². The molecule has 9 heteroatoms. The number of nitrogens with one attached hydrogen (secondary N) is 2. The Bertz CT molecular complexity index is 828. The molecule has 0 saturated carbocycles. The monoisotopic (exact) mass is 333 g/mol. The summed E-state index contributed by atoms with van der Waals surface area (Å²) >= 11 is 0. The van der Waals surface area contributed by atoms with Gasteiger partial charge in [-0.25, -0.2) is 13.4 Å². The number of aliphatic hydroxyl groups is 1. The van der Waals surface area contributed by atoms with Crippen LogP contribution in [0.15, 0.2) is 35.4 Å². The Kier molecular flexibility index (Phi) is 5.10. The molecule has 23 heavy (non-hydrogen) atoms. The molecule has 0 aliphatic rings. The van der Waals surface area contributed by atoms with Gasteiger partial charge in [-0.1, -0.05) is 0 Å². The number of benzene rings is 1. The van der Waals surface area contributed by atoms with Crippen molar-refractivity contribution in [1.82, 2.24) is 9.97 Å². The van der Waals surface area contributed by atoms with E-state index in [0.29, 0.717) is 11.5 Å². The highest BCUT2D eigenvalue weighted by atomic mass is 32.2. The molecule has 1 aromatic heterocycles. The standard InChI is InChI=1S/C14H15N5O3S/c1-23(21,22)12-4-2-11(3-5-12)18-14-17-9-10(8-15)13(19-14)16-6-7-20/h2-5,9,20H,6-7H2,1H3,(H2,16,17,18,19). The minimum Gasteiger partial charge on any atom is -0.395 e. The van der Waals surface area contributed by atoms with E-state index in [2.05, 4.69) is 20.6 Å². The molecule has 0 aliphatic heterocycles. The fraction of sp³-hybridized carbons (Fsp3) is 0.214. The lowest BCUT2D eigenvalue weighted by Crippen LogP contribution is -2.10. The molecule has 1 heterocycles. The Morgan fingerprint density at radius 3 is 2.57 bits per heavy atom. The fourth-order valence-corrected chi connectivity index (χ4v) is 2.38. The van der Waals surface area contributed by atoms with Crippen molar-refractivity contribution in [2.45, 2.75) is 4.90 Å². The van der Waals surface area contributed by atoms with Crippen LogP contribution >= 0.6 is 0 Å². The van der Waals surface area contributed by atoms with Gasteiger partial charge in [0.1, 0.15) is 17.5 Å². The number of hydrogen-bond donors (Lipinski definition) is 3. The summed E-state index contributed by atoms with van der Waals surface area (Å²) in [7, 11) is -3.25. The third-order valence-electron chi connectivity index (χ3n) is 2.85. The minimum absolute atomic E-state index is 0.0927. The summed E-state index contributed by atoms with van der Waals surface area (Å²) in [4.78, 5) is 8.40. The maximum atomic E-state index is 11.4. The van der Waals surface area contributed by atoms with Crippen LogP contribution in [0.5, 0.6) is 0 Å². The molecule has 0 fully saturated rings. The van der Waals surface area contributed by atoms with Crippen molar-refractivity contribution in [2.24, 2.45) is 0 Å². The van der Waals surface area contributed by atoms with Crippen molar-refractivity contribution in [3.05, 3.63) is 36.0 Å². The van der Waals surface area contributed by atoms with E-state index in [1.807, 2.05) is 6.07 Å². The smallest absolute Gasteiger partial charge is 0.229 e. The molecule has 0 saturated heterocycles. The van der Waals surface area contributed by atoms with Crippen LogP contribution in [-0.4, -0.2) is 42.9 Å². The quantitative estimate of drug-likeness (QED) is 0.711.